The van der Waals surface area contributed by atoms with Gasteiger partial charge in [-0.2, -0.15) is 0 Å². The monoisotopic (exact) mass is 459 g/mol. The van der Waals surface area contributed by atoms with Crippen LogP contribution in [0.3, 0.4) is 0 Å². The molecule has 0 fully saturated rings. The van der Waals surface area contributed by atoms with Crippen LogP contribution in [0.2, 0.25) is 0 Å². The fourth-order valence-corrected chi connectivity index (χ4v) is 4.82. The number of carbonyl (C=O) groups is 2. The first-order valence-corrected chi connectivity index (χ1v) is 12.0. The Hall–Kier alpha value is -2.74. The lowest BCUT2D eigenvalue weighted by atomic mass is 10.0. The molecule has 2 aromatic rings. The van der Waals surface area contributed by atoms with Gasteiger partial charge in [-0.1, -0.05) is 19.1 Å². The summed E-state index contributed by atoms with van der Waals surface area (Å²) in [5.41, 5.74) is 1.12. The number of methoxy groups -OCH3 is 1. The van der Waals surface area contributed by atoms with Crippen molar-refractivity contribution in [3.63, 3.8) is 0 Å². The third-order valence-electron chi connectivity index (χ3n) is 5.40. The van der Waals surface area contributed by atoms with Crippen LogP contribution >= 0.6 is 11.3 Å². The quantitative estimate of drug-likeness (QED) is 0.613. The third-order valence-corrected chi connectivity index (χ3v) is 6.40. The van der Waals surface area contributed by atoms with Crippen molar-refractivity contribution < 1.29 is 19.1 Å². The summed E-state index contributed by atoms with van der Waals surface area (Å²) in [6.45, 7) is 7.35. The van der Waals surface area contributed by atoms with Gasteiger partial charge < -0.3 is 24.6 Å². The molecule has 0 radical (unpaired) electrons. The van der Waals surface area contributed by atoms with Crippen molar-refractivity contribution in [3.05, 3.63) is 46.2 Å². The molecule has 7 nitrogen and oxygen atoms in total. The average molecular weight is 460 g/mol. The first kappa shape index (κ1) is 23.9. The number of nitrogens with zero attached hydrogens (tertiary/aromatic N) is 2. The highest BCUT2D eigenvalue weighted by atomic mass is 32.1. The maximum atomic E-state index is 13.4. The van der Waals surface area contributed by atoms with Gasteiger partial charge in [0.1, 0.15) is 13.2 Å². The van der Waals surface area contributed by atoms with E-state index in [0.29, 0.717) is 31.2 Å². The van der Waals surface area contributed by atoms with Gasteiger partial charge in [-0.15, -0.1) is 11.3 Å². The van der Waals surface area contributed by atoms with E-state index in [2.05, 4.69) is 16.8 Å². The van der Waals surface area contributed by atoms with Gasteiger partial charge >= 0.3 is 6.03 Å². The van der Waals surface area contributed by atoms with E-state index >= 15 is 0 Å². The predicted molar refractivity (Wildman–Crippen MR) is 126 cm³/mol. The molecule has 3 amide bonds. The molecular weight excluding hydrogens is 426 g/mol. The van der Waals surface area contributed by atoms with Gasteiger partial charge in [0, 0.05) is 24.0 Å². The molecule has 2 heterocycles. The number of para-hydroxylation sites is 2. The van der Waals surface area contributed by atoms with Crippen LogP contribution in [-0.2, 0) is 11.2 Å². The highest BCUT2D eigenvalue weighted by Crippen LogP contribution is 2.35. The molecule has 1 aliphatic rings. The van der Waals surface area contributed by atoms with Gasteiger partial charge in [-0.25, -0.2) is 4.79 Å². The second-order valence-corrected chi connectivity index (χ2v) is 9.14. The number of carbonyl (C=O) groups excluding carboxylic acids is 2. The smallest absolute Gasteiger partial charge is 0.318 e. The van der Waals surface area contributed by atoms with Crippen molar-refractivity contribution in [1.29, 1.82) is 0 Å². The van der Waals surface area contributed by atoms with Gasteiger partial charge in [0.25, 0.3) is 0 Å². The minimum Gasteiger partial charge on any atom is -0.493 e. The Balaban J connectivity index is 1.77. The number of nitrogens with one attached hydrogen (secondary N) is 1. The average Bonchev–Trinajstić information content (AvgIpc) is 3.26. The molecule has 1 aromatic carbocycles. The van der Waals surface area contributed by atoms with Gasteiger partial charge in [0.05, 0.1) is 13.2 Å². The number of urea groups is 1. The second kappa shape index (κ2) is 11.2. The van der Waals surface area contributed by atoms with Gasteiger partial charge in [0.2, 0.25) is 5.91 Å². The lowest BCUT2D eigenvalue weighted by molar-refractivity contribution is -0.135. The summed E-state index contributed by atoms with van der Waals surface area (Å²) in [5.74, 6) is 1.24. The summed E-state index contributed by atoms with van der Waals surface area (Å²) >= 11 is 1.71. The van der Waals surface area contributed by atoms with Crippen LogP contribution in [0.5, 0.6) is 11.5 Å². The van der Waals surface area contributed by atoms with E-state index in [9.17, 15) is 9.59 Å². The highest BCUT2D eigenvalue weighted by Gasteiger charge is 2.33. The molecule has 8 heteroatoms. The summed E-state index contributed by atoms with van der Waals surface area (Å²) < 4.78 is 11.5. The highest BCUT2D eigenvalue weighted by molar-refractivity contribution is 7.10. The van der Waals surface area contributed by atoms with E-state index in [1.165, 1.54) is 4.88 Å². The van der Waals surface area contributed by atoms with Crippen LogP contribution in [0.4, 0.5) is 4.79 Å². The summed E-state index contributed by atoms with van der Waals surface area (Å²) in [4.78, 5) is 30.7. The Kier molecular flexibility index (Phi) is 8.39. The third kappa shape index (κ3) is 5.73. The number of hydrogen-bond donors (Lipinski definition) is 1. The van der Waals surface area contributed by atoms with Crippen LogP contribution in [0.15, 0.2) is 35.7 Å². The van der Waals surface area contributed by atoms with E-state index in [4.69, 9.17) is 9.47 Å². The Bertz CT molecular complexity index is 914. The molecule has 174 valence electrons. The first-order valence-electron chi connectivity index (χ1n) is 11.1. The van der Waals surface area contributed by atoms with E-state index < -0.39 is 0 Å². The summed E-state index contributed by atoms with van der Waals surface area (Å²) in [6.07, 6.45) is 1.60. The minimum absolute atomic E-state index is 0.0160. The molecule has 3 rings (SSSR count). The Morgan fingerprint density at radius 2 is 2.00 bits per heavy atom. The molecule has 1 N–H and O–H groups in total. The predicted octanol–water partition coefficient (Wildman–Crippen LogP) is 4.09. The molecule has 1 atom stereocenters. The largest absolute Gasteiger partial charge is 0.493 e. The lowest BCUT2D eigenvalue weighted by Crippen LogP contribution is -2.50. The van der Waals surface area contributed by atoms with Crippen molar-refractivity contribution in [2.75, 3.05) is 33.4 Å². The Labute approximate surface area is 194 Å². The zero-order chi connectivity index (χ0) is 23.1. The summed E-state index contributed by atoms with van der Waals surface area (Å²) in [7, 11) is 1.61. The van der Waals surface area contributed by atoms with Crippen LogP contribution < -0.4 is 14.8 Å². The molecule has 0 saturated heterocycles. The van der Waals surface area contributed by atoms with E-state index in [1.54, 1.807) is 23.3 Å². The molecule has 0 bridgehead atoms. The molecule has 0 saturated carbocycles. The zero-order valence-corrected chi connectivity index (χ0v) is 20.1. The van der Waals surface area contributed by atoms with Gasteiger partial charge in [-0.05, 0) is 55.8 Å². The molecule has 0 aliphatic carbocycles. The van der Waals surface area contributed by atoms with Crippen LogP contribution in [0.1, 0.15) is 43.7 Å². The number of fused-ring (bicyclic) bond motifs is 1. The fraction of sp³-hybridized carbons (Fsp3) is 0.500. The SMILES string of the molecule is CCCN(CC(=O)N1CCc2sccc2[C@@H]1COc1ccccc1OC)C(=O)NC(C)C. The summed E-state index contributed by atoms with van der Waals surface area (Å²) in [5, 5.41) is 4.96. The van der Waals surface area contributed by atoms with Crippen LogP contribution in [-0.4, -0.2) is 61.1 Å². The van der Waals surface area contributed by atoms with E-state index in [1.807, 2.05) is 49.9 Å². The molecule has 1 aliphatic heterocycles. The molecule has 1 aromatic heterocycles. The van der Waals surface area contributed by atoms with Crippen molar-refractivity contribution in [3.8, 4) is 11.5 Å². The number of amides is 3. The number of benzene rings is 1. The number of ether oxygens (including phenoxy) is 2. The Morgan fingerprint density at radius 1 is 1.25 bits per heavy atom. The molecule has 0 spiro atoms. The zero-order valence-electron chi connectivity index (χ0n) is 19.3. The molecule has 0 unspecified atom stereocenters. The topological polar surface area (TPSA) is 71.1 Å². The van der Waals surface area contributed by atoms with Gasteiger partial charge in [0.15, 0.2) is 11.5 Å². The maximum Gasteiger partial charge on any atom is 0.318 e. The van der Waals surface area contributed by atoms with E-state index in [-0.39, 0.29) is 30.6 Å². The summed E-state index contributed by atoms with van der Waals surface area (Å²) in [6, 6.07) is 9.18. The molecule has 32 heavy (non-hydrogen) atoms. The van der Waals surface area contributed by atoms with E-state index in [0.717, 1.165) is 18.4 Å². The number of hydrogen-bond acceptors (Lipinski definition) is 5. The minimum atomic E-state index is -0.209. The molecular formula is C24H33N3O4S. The fourth-order valence-electron chi connectivity index (χ4n) is 3.90. The second-order valence-electron chi connectivity index (χ2n) is 8.14. The standard InChI is InChI=1S/C24H33N3O4S/c1-5-12-26(24(29)25-17(2)3)15-23(28)27-13-10-22-18(11-14-32-22)19(27)16-31-21-9-7-6-8-20(21)30-4/h6-9,11,14,17,19H,5,10,12-13,15-16H2,1-4H3,(H,25,29)/t19-/m0/s1. The van der Waals surface area contributed by atoms with Crippen molar-refractivity contribution in [2.45, 2.75) is 45.7 Å². The first-order chi connectivity index (χ1) is 15.4. The normalized spacial score (nSPS) is 15.3. The van der Waals surface area contributed by atoms with Crippen molar-refractivity contribution in [1.82, 2.24) is 15.1 Å². The van der Waals surface area contributed by atoms with Crippen molar-refractivity contribution >= 4 is 23.3 Å². The van der Waals surface area contributed by atoms with Crippen molar-refractivity contribution in [2.24, 2.45) is 0 Å². The number of rotatable bonds is 9. The van der Waals surface area contributed by atoms with Crippen LogP contribution in [0, 0.1) is 0 Å². The maximum absolute atomic E-state index is 13.4. The lowest BCUT2D eigenvalue weighted by Gasteiger charge is -2.37. The number of thiophene rings is 1. The van der Waals surface area contributed by atoms with Crippen LogP contribution in [0.25, 0.3) is 0 Å². The Morgan fingerprint density at radius 3 is 2.69 bits per heavy atom. The van der Waals surface area contributed by atoms with Gasteiger partial charge in [-0.3, -0.25) is 4.79 Å².